The van der Waals surface area contributed by atoms with E-state index in [2.05, 4.69) is 12.2 Å². The summed E-state index contributed by atoms with van der Waals surface area (Å²) >= 11 is 0. The zero-order valence-corrected chi connectivity index (χ0v) is 32.1. The first kappa shape index (κ1) is 42.0. The summed E-state index contributed by atoms with van der Waals surface area (Å²) in [6.45, 7) is 18.6. The molecule has 4 amide bonds. The first-order valence-corrected chi connectivity index (χ1v) is 18.5. The van der Waals surface area contributed by atoms with Gasteiger partial charge < -0.3 is 29.5 Å². The molecular formula is C37H64N4O8. The first-order valence-electron chi connectivity index (χ1n) is 18.5. The Morgan fingerprint density at radius 3 is 1.82 bits per heavy atom. The lowest BCUT2D eigenvalue weighted by atomic mass is 9.94. The van der Waals surface area contributed by atoms with Gasteiger partial charge in [-0.1, -0.05) is 82.1 Å². The van der Waals surface area contributed by atoms with E-state index in [4.69, 9.17) is 9.47 Å². The third kappa shape index (κ3) is 10.2. The molecule has 0 aromatic heterocycles. The molecule has 0 aromatic rings. The van der Waals surface area contributed by atoms with Crippen LogP contribution in [0.4, 0.5) is 0 Å². The van der Waals surface area contributed by atoms with Crippen LogP contribution in [0.15, 0.2) is 0 Å². The molecule has 0 bridgehead atoms. The van der Waals surface area contributed by atoms with Crippen molar-refractivity contribution in [3.63, 3.8) is 0 Å². The summed E-state index contributed by atoms with van der Waals surface area (Å²) in [5, 5.41) is 2.89. The molecule has 0 unspecified atom stereocenters. The molecule has 2 aliphatic rings. The number of hydrogen-bond donors (Lipinski definition) is 1. The molecule has 0 saturated carbocycles. The number of cyclic esters (lactones) is 2. The SMILES string of the molecule is CCCCC[C@@H]1OC(=O)[C@@H](C(C)C)N(C)C(=O)[C@H]2CCCN2C(=O)[C@H]([C@H](C)CC)OC(=O)[C@H](C(C)C)N(C)C(=O)[C@H](C(C)C)NC(=O)[C@H]1C. The van der Waals surface area contributed by atoms with Gasteiger partial charge in [-0.2, -0.15) is 0 Å². The smallest absolute Gasteiger partial charge is 0.329 e. The Morgan fingerprint density at radius 1 is 0.755 bits per heavy atom. The number of fused-ring (bicyclic) bond motifs is 1. The number of esters is 2. The Kier molecular flexibility index (Phi) is 16.0. The van der Waals surface area contributed by atoms with Crippen LogP contribution in [0.3, 0.4) is 0 Å². The Morgan fingerprint density at radius 2 is 1.31 bits per heavy atom. The summed E-state index contributed by atoms with van der Waals surface area (Å²) in [6, 6.07) is -3.83. The van der Waals surface area contributed by atoms with Gasteiger partial charge in [0.25, 0.3) is 5.91 Å². The molecule has 49 heavy (non-hydrogen) atoms. The van der Waals surface area contributed by atoms with Crippen LogP contribution in [-0.2, 0) is 38.2 Å². The second-order valence-corrected chi connectivity index (χ2v) is 15.2. The van der Waals surface area contributed by atoms with Gasteiger partial charge >= 0.3 is 11.9 Å². The number of carbonyl (C=O) groups is 6. The quantitative estimate of drug-likeness (QED) is 0.280. The Hall–Kier alpha value is -3.18. The summed E-state index contributed by atoms with van der Waals surface area (Å²) in [5.41, 5.74) is 0. The molecule has 2 aliphatic heterocycles. The summed E-state index contributed by atoms with van der Waals surface area (Å²) in [4.78, 5) is 88.2. The highest BCUT2D eigenvalue weighted by molar-refractivity contribution is 5.95. The van der Waals surface area contributed by atoms with Crippen LogP contribution in [0.5, 0.6) is 0 Å². The van der Waals surface area contributed by atoms with Crippen molar-refractivity contribution in [1.29, 1.82) is 0 Å². The van der Waals surface area contributed by atoms with Crippen molar-refractivity contribution in [2.75, 3.05) is 20.6 Å². The van der Waals surface area contributed by atoms with E-state index in [-0.39, 0.29) is 23.7 Å². The van der Waals surface area contributed by atoms with Crippen molar-refractivity contribution in [2.24, 2.45) is 29.6 Å². The van der Waals surface area contributed by atoms with E-state index in [0.29, 0.717) is 32.2 Å². The number of hydrogen-bond acceptors (Lipinski definition) is 8. The average Bonchev–Trinajstić information content (AvgIpc) is 3.53. The molecule has 2 rings (SSSR count). The molecule has 1 N–H and O–H groups in total. The third-order valence-electron chi connectivity index (χ3n) is 10.3. The van der Waals surface area contributed by atoms with Crippen LogP contribution in [-0.4, -0.2) is 107 Å². The molecule has 0 aromatic carbocycles. The van der Waals surface area contributed by atoms with Gasteiger partial charge in [0, 0.05) is 26.6 Å². The number of likely N-dealkylation sites (N-methyl/N-ethyl adjacent to an activating group) is 2. The van der Waals surface area contributed by atoms with Crippen LogP contribution in [0.1, 0.15) is 114 Å². The normalized spacial score (nSPS) is 29.4. The van der Waals surface area contributed by atoms with E-state index in [1.807, 2.05) is 41.5 Å². The summed E-state index contributed by atoms with van der Waals surface area (Å²) in [7, 11) is 3.06. The fourth-order valence-electron chi connectivity index (χ4n) is 6.95. The lowest BCUT2D eigenvalue weighted by Gasteiger charge is -2.37. The van der Waals surface area contributed by atoms with Gasteiger partial charge in [0.05, 0.1) is 5.92 Å². The predicted molar refractivity (Wildman–Crippen MR) is 187 cm³/mol. The number of nitrogens with zero attached hydrogens (tertiary/aromatic N) is 3. The second-order valence-electron chi connectivity index (χ2n) is 15.2. The first-order chi connectivity index (χ1) is 22.9. The largest absolute Gasteiger partial charge is 0.460 e. The van der Waals surface area contributed by atoms with Crippen molar-refractivity contribution < 1.29 is 38.2 Å². The molecule has 12 nitrogen and oxygen atoms in total. The minimum Gasteiger partial charge on any atom is -0.460 e. The van der Waals surface area contributed by atoms with E-state index < -0.39 is 77.9 Å². The van der Waals surface area contributed by atoms with Crippen molar-refractivity contribution in [3.8, 4) is 0 Å². The van der Waals surface area contributed by atoms with E-state index in [1.165, 1.54) is 21.7 Å². The number of amides is 4. The van der Waals surface area contributed by atoms with Crippen LogP contribution in [0.2, 0.25) is 0 Å². The van der Waals surface area contributed by atoms with Crippen LogP contribution < -0.4 is 5.32 Å². The highest BCUT2D eigenvalue weighted by atomic mass is 16.6. The number of carbonyl (C=O) groups excluding carboxylic acids is 6. The molecule has 8 atom stereocenters. The maximum Gasteiger partial charge on any atom is 0.329 e. The van der Waals surface area contributed by atoms with Gasteiger partial charge in [-0.05, 0) is 49.9 Å². The second kappa shape index (κ2) is 18.7. The minimum atomic E-state index is -1.18. The van der Waals surface area contributed by atoms with Gasteiger partial charge in [0.15, 0.2) is 6.10 Å². The van der Waals surface area contributed by atoms with Crippen molar-refractivity contribution in [1.82, 2.24) is 20.0 Å². The highest BCUT2D eigenvalue weighted by Crippen LogP contribution is 2.28. The van der Waals surface area contributed by atoms with E-state index in [0.717, 1.165) is 19.3 Å². The Balaban J connectivity index is 2.73. The van der Waals surface area contributed by atoms with E-state index >= 15 is 0 Å². The van der Waals surface area contributed by atoms with Crippen molar-refractivity contribution in [3.05, 3.63) is 0 Å². The summed E-state index contributed by atoms with van der Waals surface area (Å²) in [5.74, 6) is -5.36. The van der Waals surface area contributed by atoms with Gasteiger partial charge in [0.1, 0.15) is 30.3 Å². The topological polar surface area (TPSA) is 143 Å². The monoisotopic (exact) mass is 692 g/mol. The maximum absolute atomic E-state index is 14.2. The summed E-state index contributed by atoms with van der Waals surface area (Å²) < 4.78 is 12.1. The van der Waals surface area contributed by atoms with Gasteiger partial charge in [-0.3, -0.25) is 19.2 Å². The molecule has 2 fully saturated rings. The predicted octanol–water partition coefficient (Wildman–Crippen LogP) is 4.18. The lowest BCUT2D eigenvalue weighted by molar-refractivity contribution is -0.172. The standard InChI is InChI=1S/C37H64N4O8/c1-13-15-16-19-27-25(10)32(42)38-28(21(3)4)34(44)40(12)30(23(7)8)37(47)49-31(24(9)14-2)35(45)41-20-17-18-26(41)33(43)39(11)29(22(5)6)36(46)48-27/h21-31H,13-20H2,1-12H3,(H,38,42)/t24-,25+,26-,27+,28+,29-,30+,31+/m1/s1. The molecule has 0 aliphatic carbocycles. The summed E-state index contributed by atoms with van der Waals surface area (Å²) in [6.07, 6.45) is 2.47. The van der Waals surface area contributed by atoms with Crippen LogP contribution in [0, 0.1) is 29.6 Å². The molecule has 0 spiro atoms. The fourth-order valence-corrected chi connectivity index (χ4v) is 6.95. The number of unbranched alkanes of at least 4 members (excludes halogenated alkanes) is 2. The maximum atomic E-state index is 14.2. The number of nitrogens with one attached hydrogen (secondary N) is 1. The number of rotatable bonds is 9. The number of ether oxygens (including phenoxy) is 2. The van der Waals surface area contributed by atoms with Gasteiger partial charge in [0.2, 0.25) is 17.7 Å². The van der Waals surface area contributed by atoms with Crippen molar-refractivity contribution >= 4 is 35.6 Å². The zero-order chi connectivity index (χ0) is 37.3. The molecule has 2 heterocycles. The highest BCUT2D eigenvalue weighted by Gasteiger charge is 2.46. The third-order valence-corrected chi connectivity index (χ3v) is 10.3. The van der Waals surface area contributed by atoms with Gasteiger partial charge in [-0.15, -0.1) is 0 Å². The zero-order valence-electron chi connectivity index (χ0n) is 32.1. The molecule has 12 heteroatoms. The Labute approximate surface area is 294 Å². The van der Waals surface area contributed by atoms with E-state index in [1.54, 1.807) is 27.8 Å². The molecule has 0 radical (unpaired) electrons. The molecular weight excluding hydrogens is 628 g/mol. The molecule has 280 valence electrons. The van der Waals surface area contributed by atoms with Crippen LogP contribution >= 0.6 is 0 Å². The average molecular weight is 693 g/mol. The molecule has 2 saturated heterocycles. The van der Waals surface area contributed by atoms with Gasteiger partial charge in [-0.25, -0.2) is 9.59 Å². The Bertz CT molecular complexity index is 1170. The minimum absolute atomic E-state index is 0.303. The van der Waals surface area contributed by atoms with E-state index in [9.17, 15) is 28.8 Å². The lowest BCUT2D eigenvalue weighted by Crippen LogP contribution is -2.58. The fraction of sp³-hybridized carbons (Fsp3) is 0.838. The van der Waals surface area contributed by atoms with Crippen molar-refractivity contribution in [2.45, 2.75) is 151 Å². The van der Waals surface area contributed by atoms with Crippen LogP contribution in [0.25, 0.3) is 0 Å².